The number of rotatable bonds is 5. The van der Waals surface area contributed by atoms with Gasteiger partial charge in [0.1, 0.15) is 35.1 Å². The number of allylic oxidation sites excluding steroid dienone is 1. The van der Waals surface area contributed by atoms with Crippen LogP contribution in [0.1, 0.15) is 82.9 Å². The van der Waals surface area contributed by atoms with Crippen molar-refractivity contribution in [3.63, 3.8) is 0 Å². The summed E-state index contributed by atoms with van der Waals surface area (Å²) in [6.45, 7) is 5.21. The molecule has 14 heteroatoms. The topological polar surface area (TPSA) is 164 Å². The van der Waals surface area contributed by atoms with E-state index in [2.05, 4.69) is 10.6 Å². The molecule has 3 heterocycles. The van der Waals surface area contributed by atoms with Gasteiger partial charge in [-0.05, 0) is 70.1 Å². The van der Waals surface area contributed by atoms with Crippen molar-refractivity contribution in [1.29, 1.82) is 0 Å². The van der Waals surface area contributed by atoms with Crippen molar-refractivity contribution in [2.45, 2.75) is 108 Å². The van der Waals surface area contributed by atoms with Crippen LogP contribution in [0.5, 0.6) is 0 Å². The predicted octanol–water partition coefficient (Wildman–Crippen LogP) is 3.85. The van der Waals surface area contributed by atoms with Crippen LogP contribution < -0.4 is 10.6 Å². The monoisotopic (exact) mass is 686 g/mol. The van der Waals surface area contributed by atoms with Gasteiger partial charge in [-0.1, -0.05) is 37.1 Å². The minimum absolute atomic E-state index is 0.0906. The van der Waals surface area contributed by atoms with Gasteiger partial charge in [0.25, 0.3) is 0 Å². The number of alkyl carbamates (subject to hydrolysis) is 1. The van der Waals surface area contributed by atoms with E-state index in [0.717, 1.165) is 12.8 Å². The van der Waals surface area contributed by atoms with Crippen molar-refractivity contribution in [2.75, 3.05) is 26.8 Å². The number of carboxylic acids is 1. The molecule has 13 nitrogen and oxygen atoms in total. The van der Waals surface area contributed by atoms with E-state index in [1.54, 1.807) is 32.9 Å². The second kappa shape index (κ2) is 14.7. The second-order valence-electron chi connectivity index (χ2n) is 14.3. The molecule has 4 aliphatic rings. The zero-order valence-electron chi connectivity index (χ0n) is 28.5. The summed E-state index contributed by atoms with van der Waals surface area (Å²) in [5.74, 6) is -3.18. The van der Waals surface area contributed by atoms with Gasteiger partial charge in [-0.15, -0.1) is 0 Å². The Balaban J connectivity index is 1.40. The molecule has 0 radical (unpaired) electrons. The maximum absolute atomic E-state index is 14.6. The fraction of sp³-hybridized carbons (Fsp3) is 0.629. The maximum atomic E-state index is 14.6. The second-order valence-corrected chi connectivity index (χ2v) is 14.3. The lowest BCUT2D eigenvalue weighted by molar-refractivity contribution is -0.145. The van der Waals surface area contributed by atoms with E-state index >= 15 is 0 Å². The molecule has 0 spiro atoms. The molecule has 6 atom stereocenters. The van der Waals surface area contributed by atoms with Crippen LogP contribution in [0, 0.1) is 11.7 Å². The molecule has 2 fully saturated rings. The molecule has 3 aliphatic heterocycles. The molecule has 1 saturated heterocycles. The summed E-state index contributed by atoms with van der Waals surface area (Å²) >= 11 is 0. The summed E-state index contributed by atoms with van der Waals surface area (Å²) in [5.41, 5.74) is -1.20. The van der Waals surface area contributed by atoms with Crippen molar-refractivity contribution < 1.29 is 47.7 Å². The minimum atomic E-state index is -1.50. The number of hydrogen-bond donors (Lipinski definition) is 3. The molecule has 1 aromatic carbocycles. The fourth-order valence-corrected chi connectivity index (χ4v) is 7.07. The third-order valence-corrected chi connectivity index (χ3v) is 9.63. The molecular formula is C35H47FN4O9. The standard InChI is InChI=1S/C35H47FN4O9/c1-34(2,3)49-32(45)37-26-14-9-7-5-6-8-11-21-18-35(21,31(43)44)38-29(41)27-17-22(19-40(27)30(26)42)48-33(46)39-16-15-23-24(28(39)20-47-4)12-10-13-25(23)36/h8,10-13,21-22,26-28H,5-7,9,14-20H2,1-4H3,(H,37,45)(H,38,41)(H,43,44)/b11-8-/t21-,22-,26+,27+,28?,35-/m1/s1. The molecule has 0 bridgehead atoms. The average Bonchev–Trinajstić information content (AvgIpc) is 3.56. The number of nitrogens with one attached hydrogen (secondary N) is 2. The Morgan fingerprint density at radius 2 is 1.94 bits per heavy atom. The predicted molar refractivity (Wildman–Crippen MR) is 174 cm³/mol. The van der Waals surface area contributed by atoms with Gasteiger partial charge in [-0.2, -0.15) is 0 Å². The van der Waals surface area contributed by atoms with Gasteiger partial charge >= 0.3 is 18.2 Å². The van der Waals surface area contributed by atoms with Crippen molar-refractivity contribution in [1.82, 2.24) is 20.4 Å². The first kappa shape index (κ1) is 36.1. The molecule has 1 unspecified atom stereocenters. The summed E-state index contributed by atoms with van der Waals surface area (Å²) in [4.78, 5) is 69.7. The van der Waals surface area contributed by atoms with E-state index in [1.165, 1.54) is 23.0 Å². The minimum Gasteiger partial charge on any atom is -0.479 e. The van der Waals surface area contributed by atoms with Gasteiger partial charge in [0.2, 0.25) is 11.8 Å². The Morgan fingerprint density at radius 1 is 1.16 bits per heavy atom. The van der Waals surface area contributed by atoms with Gasteiger partial charge in [0, 0.05) is 26.0 Å². The van der Waals surface area contributed by atoms with E-state index in [0.29, 0.717) is 24.0 Å². The number of hydrogen-bond acceptors (Lipinski definition) is 8. The first-order chi connectivity index (χ1) is 23.2. The number of methoxy groups -OCH3 is 1. The average molecular weight is 687 g/mol. The van der Waals surface area contributed by atoms with Crippen LogP contribution in [0.4, 0.5) is 14.0 Å². The molecule has 3 N–H and O–H groups in total. The van der Waals surface area contributed by atoms with Crippen LogP contribution in [-0.4, -0.2) is 101 Å². The third-order valence-electron chi connectivity index (χ3n) is 9.63. The number of ether oxygens (including phenoxy) is 3. The SMILES string of the molecule is COCC1c2cccc(F)c2CCN1C(=O)O[C@@H]1C[C@H]2C(=O)N[C@]3(C(=O)O)C[C@H]3/C=C\CCCCC[C@H](NC(=O)OC(C)(C)C)C(=O)N2C1. The van der Waals surface area contributed by atoms with Gasteiger partial charge in [0.15, 0.2) is 0 Å². The fourth-order valence-electron chi connectivity index (χ4n) is 7.07. The maximum Gasteiger partial charge on any atom is 0.410 e. The quantitative estimate of drug-likeness (QED) is 0.391. The smallest absolute Gasteiger partial charge is 0.410 e. The normalized spacial score (nSPS) is 29.6. The Labute approximate surface area is 285 Å². The highest BCUT2D eigenvalue weighted by atomic mass is 19.1. The number of carbonyl (C=O) groups excluding carboxylic acids is 4. The van der Waals surface area contributed by atoms with Gasteiger partial charge < -0.3 is 34.9 Å². The van der Waals surface area contributed by atoms with Crippen LogP contribution in [0.3, 0.4) is 0 Å². The van der Waals surface area contributed by atoms with E-state index in [-0.39, 0.29) is 51.2 Å². The van der Waals surface area contributed by atoms with E-state index < -0.39 is 71.3 Å². The zero-order valence-corrected chi connectivity index (χ0v) is 28.5. The van der Waals surface area contributed by atoms with Crippen LogP contribution in [0.2, 0.25) is 0 Å². The van der Waals surface area contributed by atoms with Gasteiger partial charge in [-0.25, -0.2) is 18.8 Å². The lowest BCUT2D eigenvalue weighted by Gasteiger charge is -2.36. The van der Waals surface area contributed by atoms with E-state index in [9.17, 15) is 33.5 Å². The number of nitrogens with zero attached hydrogens (tertiary/aromatic N) is 2. The number of aliphatic carboxylic acids is 1. The number of fused-ring (bicyclic) bond motifs is 3. The lowest BCUT2D eigenvalue weighted by Crippen LogP contribution is -2.56. The highest BCUT2D eigenvalue weighted by Crippen LogP contribution is 2.45. The Hall–Kier alpha value is -4.20. The Bertz CT molecular complexity index is 1480. The molecular weight excluding hydrogens is 639 g/mol. The molecule has 1 aliphatic carbocycles. The van der Waals surface area contributed by atoms with Crippen molar-refractivity contribution in [3.8, 4) is 0 Å². The molecule has 268 valence electrons. The summed E-state index contributed by atoms with van der Waals surface area (Å²) in [6, 6.07) is 1.86. The lowest BCUT2D eigenvalue weighted by atomic mass is 9.93. The van der Waals surface area contributed by atoms with Crippen LogP contribution in [0.25, 0.3) is 0 Å². The summed E-state index contributed by atoms with van der Waals surface area (Å²) in [5, 5.41) is 15.5. The summed E-state index contributed by atoms with van der Waals surface area (Å²) in [6.07, 6.45) is 4.85. The Morgan fingerprint density at radius 3 is 2.65 bits per heavy atom. The molecule has 4 amide bonds. The highest BCUT2D eigenvalue weighted by molar-refractivity contribution is 5.96. The van der Waals surface area contributed by atoms with Gasteiger partial charge in [-0.3, -0.25) is 14.5 Å². The number of carbonyl (C=O) groups is 5. The number of amides is 4. The first-order valence-electron chi connectivity index (χ1n) is 17.0. The molecule has 1 aromatic rings. The van der Waals surface area contributed by atoms with Crippen molar-refractivity contribution in [3.05, 3.63) is 47.3 Å². The van der Waals surface area contributed by atoms with Crippen LogP contribution in [-0.2, 0) is 35.0 Å². The van der Waals surface area contributed by atoms with Crippen LogP contribution in [0.15, 0.2) is 30.4 Å². The van der Waals surface area contributed by atoms with Crippen LogP contribution >= 0.6 is 0 Å². The molecule has 1 saturated carbocycles. The number of carboxylic acid groups (broad SMARTS) is 1. The Kier molecular flexibility index (Phi) is 10.9. The number of benzene rings is 1. The van der Waals surface area contributed by atoms with Crippen molar-refractivity contribution in [2.24, 2.45) is 5.92 Å². The number of halogens is 1. The highest BCUT2D eigenvalue weighted by Gasteiger charge is 2.61. The molecule has 0 aromatic heterocycles. The first-order valence-corrected chi connectivity index (χ1v) is 17.0. The van der Waals surface area contributed by atoms with E-state index in [1.807, 2.05) is 12.2 Å². The zero-order chi connectivity index (χ0) is 35.5. The largest absolute Gasteiger partial charge is 0.479 e. The third kappa shape index (κ3) is 8.17. The van der Waals surface area contributed by atoms with E-state index in [4.69, 9.17) is 14.2 Å². The molecule has 49 heavy (non-hydrogen) atoms. The summed E-state index contributed by atoms with van der Waals surface area (Å²) < 4.78 is 31.3. The van der Waals surface area contributed by atoms with Gasteiger partial charge in [0.05, 0.1) is 19.2 Å². The van der Waals surface area contributed by atoms with Crippen molar-refractivity contribution >= 4 is 30.0 Å². The molecule has 5 rings (SSSR count). The summed E-state index contributed by atoms with van der Waals surface area (Å²) in [7, 11) is 1.48.